The van der Waals surface area contributed by atoms with Gasteiger partial charge in [-0.2, -0.15) is 0 Å². The van der Waals surface area contributed by atoms with E-state index < -0.39 is 0 Å². The number of nitrogens with one attached hydrogen (secondary N) is 1. The topological polar surface area (TPSA) is 105 Å². The molecule has 1 N–H and O–H groups in total. The lowest BCUT2D eigenvalue weighted by molar-refractivity contribution is -0.156. The Morgan fingerprint density at radius 1 is 1.02 bits per heavy atom. The summed E-state index contributed by atoms with van der Waals surface area (Å²) in [4.78, 5) is 41.3. The van der Waals surface area contributed by atoms with Gasteiger partial charge < -0.3 is 29.0 Å². The second kappa shape index (κ2) is 9.56. The zero-order valence-corrected chi connectivity index (χ0v) is 24.9. The zero-order valence-electron chi connectivity index (χ0n) is 24.9. The van der Waals surface area contributed by atoms with E-state index in [0.717, 1.165) is 76.7 Å². The molecule has 10 atom stereocenters. The summed E-state index contributed by atoms with van der Waals surface area (Å²) in [5.74, 6) is 1.16. The summed E-state index contributed by atoms with van der Waals surface area (Å²) in [6.45, 7) is 9.76. The van der Waals surface area contributed by atoms with E-state index in [1.165, 1.54) is 13.0 Å². The number of ether oxygens (including phenoxy) is 2. The van der Waals surface area contributed by atoms with Crippen LogP contribution in [-0.4, -0.2) is 78.9 Å². The summed E-state index contributed by atoms with van der Waals surface area (Å²) in [7, 11) is 2.11. The van der Waals surface area contributed by atoms with E-state index in [9.17, 15) is 14.4 Å². The number of carbonyl (C=O) groups is 2. The molecule has 2 aliphatic heterocycles. The van der Waals surface area contributed by atoms with Crippen LogP contribution in [0.25, 0.3) is 0 Å². The van der Waals surface area contributed by atoms with Crippen LogP contribution in [0.2, 0.25) is 0 Å². The number of carbonyl (C=O) groups excluding carboxylic acids is 2. The zero-order chi connectivity index (χ0) is 28.7. The number of esters is 1. The lowest BCUT2D eigenvalue weighted by Gasteiger charge is -2.61. The first-order valence-corrected chi connectivity index (χ1v) is 15.7. The van der Waals surface area contributed by atoms with Gasteiger partial charge in [0.15, 0.2) is 0 Å². The first-order chi connectivity index (χ1) is 19.6. The van der Waals surface area contributed by atoms with E-state index in [2.05, 4.69) is 31.1 Å². The second-order valence-corrected chi connectivity index (χ2v) is 14.4. The van der Waals surface area contributed by atoms with Crippen molar-refractivity contribution in [2.45, 2.75) is 95.5 Å². The number of likely N-dealkylation sites (N-methyl/N-ethyl adjacent to an activating group) is 1. The largest absolute Gasteiger partial charge is 0.459 e. The van der Waals surface area contributed by atoms with Gasteiger partial charge in [0.25, 0.3) is 0 Å². The molecular weight excluding hydrogens is 522 g/mol. The summed E-state index contributed by atoms with van der Waals surface area (Å²) in [6.07, 6.45) is 8.58. The fourth-order valence-electron chi connectivity index (χ4n) is 10.5. The minimum absolute atomic E-state index is 0.0681. The third-order valence-electron chi connectivity index (χ3n) is 12.6. The Labute approximate surface area is 242 Å². The van der Waals surface area contributed by atoms with Gasteiger partial charge in [-0.05, 0) is 86.8 Å². The number of piperazine rings is 1. The molecule has 1 spiro atoms. The third-order valence-corrected chi connectivity index (χ3v) is 12.6. The van der Waals surface area contributed by atoms with Crippen LogP contribution >= 0.6 is 0 Å². The van der Waals surface area contributed by atoms with Crippen molar-refractivity contribution in [1.29, 1.82) is 0 Å². The highest BCUT2D eigenvalue weighted by Gasteiger charge is 2.84. The van der Waals surface area contributed by atoms with Crippen LogP contribution in [0.5, 0.6) is 0 Å². The van der Waals surface area contributed by atoms with Gasteiger partial charge in [0, 0.05) is 56.5 Å². The highest BCUT2D eigenvalue weighted by Crippen LogP contribution is 2.78. The van der Waals surface area contributed by atoms with Gasteiger partial charge in [-0.15, -0.1) is 0 Å². The van der Waals surface area contributed by atoms with Crippen LogP contribution in [0.4, 0.5) is 4.79 Å². The number of urea groups is 1. The highest BCUT2D eigenvalue weighted by atomic mass is 16.7. The molecule has 0 unspecified atom stereocenters. The van der Waals surface area contributed by atoms with Crippen molar-refractivity contribution in [3.63, 3.8) is 0 Å². The predicted molar refractivity (Wildman–Crippen MR) is 151 cm³/mol. The molecular formula is C32H45N3O6. The monoisotopic (exact) mass is 567 g/mol. The molecule has 6 fully saturated rings. The summed E-state index contributed by atoms with van der Waals surface area (Å²) in [6, 6.07) is 3.66. The first kappa shape index (κ1) is 27.4. The Hall–Kier alpha value is -2.39. The summed E-state index contributed by atoms with van der Waals surface area (Å²) in [5, 5.41) is 3.40. The molecule has 9 heteroatoms. The van der Waals surface area contributed by atoms with E-state index in [-0.39, 0.29) is 58.2 Å². The van der Waals surface area contributed by atoms with Crippen molar-refractivity contribution in [3.8, 4) is 0 Å². The lowest BCUT2D eigenvalue weighted by atomic mass is 9.44. The smallest absolute Gasteiger partial charge is 0.335 e. The lowest BCUT2D eigenvalue weighted by Crippen LogP contribution is -2.59. The Kier molecular flexibility index (Phi) is 6.40. The van der Waals surface area contributed by atoms with Crippen molar-refractivity contribution < 1.29 is 23.5 Å². The number of hydrogen-bond donors (Lipinski definition) is 1. The van der Waals surface area contributed by atoms with E-state index in [1.54, 1.807) is 6.26 Å². The minimum atomic E-state index is -0.380. The standard InChI is InChI=1S/C32H45N3O6/c1-19(36)40-27-26(20-5-8-25(37)39-18-20)31(3)12-10-23-24(32(31)28(27)41-32)7-6-21-17-22(9-11-30(21,23)2)33-29(38)35-15-13-34(4)14-16-35/h5,8,18,21-24,26-28H,6-7,9-17H2,1-4H3,(H,33,38)/t21-,22+,23+,24-,26+,27-,28-,30+,31-,32-/m1/s1. The molecule has 41 heavy (non-hydrogen) atoms. The van der Waals surface area contributed by atoms with Gasteiger partial charge in [-0.1, -0.05) is 13.8 Å². The SMILES string of the molecule is CC(=O)O[C@H]1[C@H]2O[C@]23[C@@H]2CC[C@@H]4C[C@@H](NC(=O)N5CCN(C)CC5)CC[C@]4(C)[C@H]2CC[C@]3(C)[C@H]1c1ccc(=O)oc1. The second-order valence-electron chi connectivity index (χ2n) is 14.4. The third kappa shape index (κ3) is 4.04. The van der Waals surface area contributed by atoms with Gasteiger partial charge in [0.2, 0.25) is 0 Å². The maximum absolute atomic E-state index is 13.0. The molecule has 4 saturated carbocycles. The van der Waals surface area contributed by atoms with Crippen LogP contribution in [0.1, 0.15) is 77.2 Å². The van der Waals surface area contributed by atoms with Crippen LogP contribution < -0.4 is 10.9 Å². The first-order valence-electron chi connectivity index (χ1n) is 15.7. The number of nitrogens with zero attached hydrogens (tertiary/aromatic N) is 2. The van der Waals surface area contributed by atoms with E-state index in [1.807, 2.05) is 11.0 Å². The molecule has 1 aromatic heterocycles. The molecule has 7 rings (SSSR count). The van der Waals surface area contributed by atoms with E-state index in [0.29, 0.717) is 17.8 Å². The fraction of sp³-hybridized carbons (Fsp3) is 0.781. The van der Waals surface area contributed by atoms with Crippen LogP contribution in [0, 0.1) is 28.6 Å². The molecule has 0 aromatic carbocycles. The van der Waals surface area contributed by atoms with E-state index in [4.69, 9.17) is 13.9 Å². The van der Waals surface area contributed by atoms with Crippen molar-refractivity contribution in [2.24, 2.45) is 28.6 Å². The maximum Gasteiger partial charge on any atom is 0.335 e. The van der Waals surface area contributed by atoms with Gasteiger partial charge in [0.1, 0.15) is 17.8 Å². The van der Waals surface area contributed by atoms with Gasteiger partial charge in [-0.25, -0.2) is 9.59 Å². The number of epoxide rings is 1. The molecule has 2 saturated heterocycles. The fourth-order valence-corrected chi connectivity index (χ4v) is 10.5. The predicted octanol–water partition coefficient (Wildman–Crippen LogP) is 3.76. The average molecular weight is 568 g/mol. The van der Waals surface area contributed by atoms with Gasteiger partial charge >= 0.3 is 17.6 Å². The number of amides is 2. The van der Waals surface area contributed by atoms with Gasteiger partial charge in [-0.3, -0.25) is 4.79 Å². The molecule has 4 aliphatic carbocycles. The summed E-state index contributed by atoms with van der Waals surface area (Å²) >= 11 is 0. The average Bonchev–Trinajstić information content (AvgIpc) is 3.64. The van der Waals surface area contributed by atoms with Crippen LogP contribution in [0.15, 0.2) is 27.6 Å². The van der Waals surface area contributed by atoms with Crippen molar-refractivity contribution in [3.05, 3.63) is 34.4 Å². The van der Waals surface area contributed by atoms with Crippen LogP contribution in [-0.2, 0) is 14.3 Å². The molecule has 1 aromatic rings. The Balaban J connectivity index is 1.11. The van der Waals surface area contributed by atoms with Crippen LogP contribution in [0.3, 0.4) is 0 Å². The Morgan fingerprint density at radius 3 is 2.51 bits per heavy atom. The van der Waals surface area contributed by atoms with Crippen molar-refractivity contribution in [1.82, 2.24) is 15.1 Å². The van der Waals surface area contributed by atoms with Gasteiger partial charge in [0.05, 0.1) is 6.26 Å². The van der Waals surface area contributed by atoms with Crippen molar-refractivity contribution >= 4 is 12.0 Å². The molecule has 224 valence electrons. The highest BCUT2D eigenvalue weighted by molar-refractivity contribution is 5.74. The Morgan fingerprint density at radius 2 is 1.80 bits per heavy atom. The Bertz CT molecular complexity index is 1260. The molecule has 2 amide bonds. The molecule has 6 aliphatic rings. The quantitative estimate of drug-likeness (QED) is 0.438. The number of fused-ring (bicyclic) bond motifs is 3. The van der Waals surface area contributed by atoms with Crippen molar-refractivity contribution in [2.75, 3.05) is 33.2 Å². The molecule has 0 radical (unpaired) electrons. The number of hydrogen-bond acceptors (Lipinski definition) is 7. The minimum Gasteiger partial charge on any atom is -0.459 e. The number of rotatable bonds is 3. The summed E-state index contributed by atoms with van der Waals surface area (Å²) < 4.78 is 18.0. The molecule has 3 heterocycles. The maximum atomic E-state index is 13.0. The van der Waals surface area contributed by atoms with E-state index >= 15 is 0 Å². The molecule has 0 bridgehead atoms. The normalized spacial score (nSPS) is 45.1. The summed E-state index contributed by atoms with van der Waals surface area (Å²) in [5.41, 5.74) is 0.220. The molecule has 9 nitrogen and oxygen atoms in total.